The highest BCUT2D eigenvalue weighted by molar-refractivity contribution is 5.92. The number of hydrogen-bond donors (Lipinski definition) is 3. The van der Waals surface area contributed by atoms with Crippen molar-refractivity contribution in [3.8, 4) is 5.75 Å². The molecular formula is C19H23N5O5. The van der Waals surface area contributed by atoms with Gasteiger partial charge in [0.25, 0.3) is 5.56 Å². The van der Waals surface area contributed by atoms with E-state index in [1.54, 1.807) is 12.3 Å². The van der Waals surface area contributed by atoms with Crippen LogP contribution in [0.25, 0.3) is 0 Å². The summed E-state index contributed by atoms with van der Waals surface area (Å²) in [6.07, 6.45) is 3.23. The second-order valence-corrected chi connectivity index (χ2v) is 7.34. The summed E-state index contributed by atoms with van der Waals surface area (Å²) in [6, 6.07) is 2.75. The molecule has 0 aromatic carbocycles. The minimum Gasteiger partial charge on any atom is -0.507 e. The van der Waals surface area contributed by atoms with Crippen molar-refractivity contribution in [2.75, 3.05) is 36.0 Å². The summed E-state index contributed by atoms with van der Waals surface area (Å²) in [5.41, 5.74) is -0.356. The number of hydrogen-bond acceptors (Lipinski definition) is 8. The lowest BCUT2D eigenvalue weighted by Gasteiger charge is -2.31. The van der Waals surface area contributed by atoms with Crippen LogP contribution in [0.5, 0.6) is 5.75 Å². The molecule has 0 spiro atoms. The SMILES string of the molecule is O=C(O)c1c(O)cc(=O)n2c1CCN(c1nccc(N3CCCC(O)C3)n1)CC2. The zero-order valence-corrected chi connectivity index (χ0v) is 15.9. The van der Waals surface area contributed by atoms with Crippen LogP contribution in [0.1, 0.15) is 28.9 Å². The highest BCUT2D eigenvalue weighted by atomic mass is 16.4. The summed E-state index contributed by atoms with van der Waals surface area (Å²) >= 11 is 0. The molecule has 0 radical (unpaired) electrons. The maximum absolute atomic E-state index is 12.3. The summed E-state index contributed by atoms with van der Waals surface area (Å²) < 4.78 is 1.40. The number of pyridine rings is 1. The summed E-state index contributed by atoms with van der Waals surface area (Å²) in [5.74, 6) is -0.549. The van der Waals surface area contributed by atoms with Crippen molar-refractivity contribution in [2.24, 2.45) is 0 Å². The molecule has 29 heavy (non-hydrogen) atoms. The second kappa shape index (κ2) is 7.70. The third kappa shape index (κ3) is 3.75. The van der Waals surface area contributed by atoms with E-state index in [1.165, 1.54) is 4.57 Å². The van der Waals surface area contributed by atoms with E-state index in [-0.39, 0.29) is 24.6 Å². The van der Waals surface area contributed by atoms with Crippen LogP contribution < -0.4 is 15.4 Å². The quantitative estimate of drug-likeness (QED) is 0.653. The Hall–Kier alpha value is -3.14. The number of carbonyl (C=O) groups is 1. The zero-order valence-electron chi connectivity index (χ0n) is 15.9. The lowest BCUT2D eigenvalue weighted by molar-refractivity contribution is 0.0691. The molecule has 2 aromatic rings. The normalized spacial score (nSPS) is 19.6. The lowest BCUT2D eigenvalue weighted by atomic mass is 10.1. The molecule has 0 saturated carbocycles. The molecule has 2 aliphatic heterocycles. The Morgan fingerprint density at radius 2 is 2.00 bits per heavy atom. The molecule has 154 valence electrons. The number of aromatic carboxylic acids is 1. The molecule has 0 aliphatic carbocycles. The van der Waals surface area contributed by atoms with E-state index in [2.05, 4.69) is 9.97 Å². The minimum atomic E-state index is -1.26. The van der Waals surface area contributed by atoms with Crippen molar-refractivity contribution >= 4 is 17.7 Å². The van der Waals surface area contributed by atoms with E-state index >= 15 is 0 Å². The summed E-state index contributed by atoms with van der Waals surface area (Å²) in [7, 11) is 0. The third-order valence-electron chi connectivity index (χ3n) is 5.45. The van der Waals surface area contributed by atoms with Gasteiger partial charge in [0, 0.05) is 57.1 Å². The molecule has 1 atom stereocenters. The first-order chi connectivity index (χ1) is 13.9. The number of β-amino-alcohol motifs (C(OH)–C–C–N with tert-alkyl or cyclic N) is 1. The van der Waals surface area contributed by atoms with Crippen molar-refractivity contribution in [3.63, 3.8) is 0 Å². The molecule has 1 unspecified atom stereocenters. The minimum absolute atomic E-state index is 0.233. The van der Waals surface area contributed by atoms with Crippen molar-refractivity contribution in [2.45, 2.75) is 31.9 Å². The molecule has 3 N–H and O–H groups in total. The summed E-state index contributed by atoms with van der Waals surface area (Å²) in [6.45, 7) is 2.46. The van der Waals surface area contributed by atoms with Gasteiger partial charge in [0.05, 0.1) is 6.10 Å². The molecule has 10 heteroatoms. The predicted octanol–water partition coefficient (Wildman–Crippen LogP) is 0.0659. The number of carboxylic acids is 1. The Morgan fingerprint density at radius 1 is 1.17 bits per heavy atom. The summed E-state index contributed by atoms with van der Waals surface area (Å²) in [5, 5.41) is 29.3. The fraction of sp³-hybridized carbons (Fsp3) is 0.474. The molecule has 1 saturated heterocycles. The van der Waals surface area contributed by atoms with Crippen molar-refractivity contribution in [3.05, 3.63) is 39.9 Å². The van der Waals surface area contributed by atoms with Crippen LogP contribution in [0.2, 0.25) is 0 Å². The van der Waals surface area contributed by atoms with Crippen LogP contribution in [0.3, 0.4) is 0 Å². The number of aromatic nitrogens is 3. The van der Waals surface area contributed by atoms with Gasteiger partial charge in [-0.15, -0.1) is 0 Å². The maximum atomic E-state index is 12.3. The van der Waals surface area contributed by atoms with Gasteiger partial charge in [-0.05, 0) is 18.9 Å². The molecule has 1 fully saturated rings. The number of anilines is 2. The van der Waals surface area contributed by atoms with Gasteiger partial charge in [0.1, 0.15) is 17.1 Å². The first kappa shape index (κ1) is 19.2. The highest BCUT2D eigenvalue weighted by Crippen LogP contribution is 2.24. The Bertz CT molecular complexity index is 991. The van der Waals surface area contributed by atoms with E-state index in [1.807, 2.05) is 9.80 Å². The molecule has 0 amide bonds. The van der Waals surface area contributed by atoms with Gasteiger partial charge >= 0.3 is 5.97 Å². The van der Waals surface area contributed by atoms with E-state index in [0.717, 1.165) is 31.3 Å². The van der Waals surface area contributed by atoms with Gasteiger partial charge in [-0.25, -0.2) is 9.78 Å². The molecule has 4 rings (SSSR count). The number of aliphatic hydroxyl groups excluding tert-OH is 1. The number of aromatic hydroxyl groups is 1. The first-order valence-corrected chi connectivity index (χ1v) is 9.64. The van der Waals surface area contributed by atoms with Crippen LogP contribution >= 0.6 is 0 Å². The number of aliphatic hydroxyl groups is 1. The van der Waals surface area contributed by atoms with Crippen LogP contribution in [0, 0.1) is 0 Å². The molecular weight excluding hydrogens is 378 g/mol. The van der Waals surface area contributed by atoms with Crippen molar-refractivity contribution < 1.29 is 20.1 Å². The number of piperidine rings is 1. The number of nitrogens with zero attached hydrogens (tertiary/aromatic N) is 5. The topological polar surface area (TPSA) is 132 Å². The average molecular weight is 401 g/mol. The second-order valence-electron chi connectivity index (χ2n) is 7.34. The van der Waals surface area contributed by atoms with E-state index in [4.69, 9.17) is 0 Å². The van der Waals surface area contributed by atoms with Gasteiger partial charge < -0.3 is 29.7 Å². The number of fused-ring (bicyclic) bond motifs is 1. The Morgan fingerprint density at radius 3 is 2.76 bits per heavy atom. The van der Waals surface area contributed by atoms with Crippen LogP contribution in [0.4, 0.5) is 11.8 Å². The molecule has 0 bridgehead atoms. The monoisotopic (exact) mass is 401 g/mol. The van der Waals surface area contributed by atoms with E-state index < -0.39 is 17.3 Å². The van der Waals surface area contributed by atoms with Gasteiger partial charge in [-0.2, -0.15) is 4.98 Å². The number of carboxylic acid groups (broad SMARTS) is 1. The first-order valence-electron chi connectivity index (χ1n) is 9.64. The Balaban J connectivity index is 1.60. The summed E-state index contributed by atoms with van der Waals surface area (Å²) in [4.78, 5) is 36.8. The van der Waals surface area contributed by atoms with E-state index in [9.17, 15) is 24.9 Å². The predicted molar refractivity (Wildman–Crippen MR) is 105 cm³/mol. The van der Waals surface area contributed by atoms with Gasteiger partial charge in [0.15, 0.2) is 0 Å². The van der Waals surface area contributed by atoms with Gasteiger partial charge in [0.2, 0.25) is 5.95 Å². The highest BCUT2D eigenvalue weighted by Gasteiger charge is 2.25. The largest absolute Gasteiger partial charge is 0.507 e. The molecule has 4 heterocycles. The fourth-order valence-electron chi connectivity index (χ4n) is 4.02. The van der Waals surface area contributed by atoms with Crippen LogP contribution in [-0.2, 0) is 13.0 Å². The van der Waals surface area contributed by atoms with Crippen molar-refractivity contribution in [1.82, 2.24) is 14.5 Å². The van der Waals surface area contributed by atoms with Crippen molar-refractivity contribution in [1.29, 1.82) is 0 Å². The smallest absolute Gasteiger partial charge is 0.341 e. The molecule has 10 nitrogen and oxygen atoms in total. The maximum Gasteiger partial charge on any atom is 0.341 e. The zero-order chi connectivity index (χ0) is 20.5. The van der Waals surface area contributed by atoms with Crippen LogP contribution in [-0.4, -0.2) is 68.1 Å². The third-order valence-corrected chi connectivity index (χ3v) is 5.45. The Kier molecular flexibility index (Phi) is 5.10. The van der Waals surface area contributed by atoms with Gasteiger partial charge in [-0.1, -0.05) is 0 Å². The average Bonchev–Trinajstić information content (AvgIpc) is 2.91. The van der Waals surface area contributed by atoms with Crippen LogP contribution in [0.15, 0.2) is 23.1 Å². The van der Waals surface area contributed by atoms with Gasteiger partial charge in [-0.3, -0.25) is 4.79 Å². The standard InChI is InChI=1S/C19H23N5O5/c25-12-2-1-6-23(11-12)15-3-5-20-19(21-15)22-7-4-13-17(18(28)29)14(26)10-16(27)24(13)9-8-22/h3,5,10,12,25-26H,1-2,4,6-9,11H2,(H,28,29). The number of rotatable bonds is 3. The molecule has 2 aliphatic rings. The fourth-order valence-corrected chi connectivity index (χ4v) is 4.02. The van der Waals surface area contributed by atoms with E-state index in [0.29, 0.717) is 31.3 Å². The lowest BCUT2D eigenvalue weighted by Crippen LogP contribution is -2.39. The Labute approximate surface area is 166 Å². The molecule has 2 aromatic heterocycles.